The molecule has 0 bridgehead atoms. The first-order valence-electron chi connectivity index (χ1n) is 10.5. The fourth-order valence-electron chi connectivity index (χ4n) is 4.11. The van der Waals surface area contributed by atoms with Crippen molar-refractivity contribution in [3.63, 3.8) is 0 Å². The first kappa shape index (κ1) is 22.5. The van der Waals surface area contributed by atoms with Gasteiger partial charge in [0, 0.05) is 29.0 Å². The zero-order valence-corrected chi connectivity index (χ0v) is 18.7. The maximum atomic E-state index is 13.0. The first-order valence-corrected chi connectivity index (χ1v) is 12.0. The van der Waals surface area contributed by atoms with E-state index in [0.717, 1.165) is 25.1 Å². The average molecular weight is 464 g/mol. The number of rotatable bonds is 6. The van der Waals surface area contributed by atoms with Crippen LogP contribution in [-0.2, 0) is 14.8 Å². The van der Waals surface area contributed by atoms with Gasteiger partial charge in [0.25, 0.3) is 0 Å². The lowest BCUT2D eigenvalue weighted by molar-refractivity contribution is -0.117. The van der Waals surface area contributed by atoms with Crippen LogP contribution in [0.15, 0.2) is 77.7 Å². The predicted molar refractivity (Wildman–Crippen MR) is 130 cm³/mol. The Balaban J connectivity index is 1.52. The molecule has 170 valence electrons. The fraction of sp³-hybridized carbons (Fsp3) is 0.167. The van der Waals surface area contributed by atoms with Gasteiger partial charge in [-0.15, -0.1) is 0 Å². The van der Waals surface area contributed by atoms with Crippen molar-refractivity contribution in [2.75, 3.05) is 16.8 Å². The molecular weight excluding hydrogens is 438 g/mol. The van der Waals surface area contributed by atoms with Crippen LogP contribution in [-0.4, -0.2) is 32.7 Å². The summed E-state index contributed by atoms with van der Waals surface area (Å²) >= 11 is 0. The van der Waals surface area contributed by atoms with Crippen molar-refractivity contribution in [1.82, 2.24) is 0 Å². The SMILES string of the molecule is N=C(N)c1cccc(N2CCC[C@H]2C(=O)Nc2ccc(-c3ccccc3S(N)(=O)=O)cc2)c1. The van der Waals surface area contributed by atoms with E-state index in [1.54, 1.807) is 48.5 Å². The van der Waals surface area contributed by atoms with E-state index >= 15 is 0 Å². The van der Waals surface area contributed by atoms with Crippen LogP contribution in [0.4, 0.5) is 11.4 Å². The number of nitrogens with one attached hydrogen (secondary N) is 2. The topological polar surface area (TPSA) is 142 Å². The van der Waals surface area contributed by atoms with Gasteiger partial charge in [-0.1, -0.05) is 42.5 Å². The molecule has 1 fully saturated rings. The molecule has 1 saturated heterocycles. The number of anilines is 2. The zero-order chi connectivity index (χ0) is 23.6. The van der Waals surface area contributed by atoms with Gasteiger partial charge in [0.1, 0.15) is 11.9 Å². The van der Waals surface area contributed by atoms with E-state index in [9.17, 15) is 13.2 Å². The summed E-state index contributed by atoms with van der Waals surface area (Å²) in [5.74, 6) is -0.139. The smallest absolute Gasteiger partial charge is 0.247 e. The molecule has 0 saturated carbocycles. The minimum absolute atomic E-state index is 0.0128. The van der Waals surface area contributed by atoms with Crippen LogP contribution < -0.4 is 21.1 Å². The Hall–Kier alpha value is -3.69. The molecule has 0 aromatic heterocycles. The quantitative estimate of drug-likeness (QED) is 0.328. The van der Waals surface area contributed by atoms with Gasteiger partial charge in [-0.2, -0.15) is 0 Å². The number of benzene rings is 3. The highest BCUT2D eigenvalue weighted by Crippen LogP contribution is 2.29. The summed E-state index contributed by atoms with van der Waals surface area (Å²) in [6.07, 6.45) is 1.60. The molecule has 33 heavy (non-hydrogen) atoms. The van der Waals surface area contributed by atoms with E-state index in [0.29, 0.717) is 22.4 Å². The number of sulfonamides is 1. The normalized spacial score (nSPS) is 15.9. The summed E-state index contributed by atoms with van der Waals surface area (Å²) in [4.78, 5) is 15.1. The van der Waals surface area contributed by atoms with Gasteiger partial charge in [0.05, 0.1) is 4.90 Å². The minimum Gasteiger partial charge on any atom is -0.384 e. The third kappa shape index (κ3) is 4.89. The molecule has 1 heterocycles. The molecule has 6 N–H and O–H groups in total. The number of carbonyl (C=O) groups is 1. The van der Waals surface area contributed by atoms with Gasteiger partial charge in [0.15, 0.2) is 0 Å². The van der Waals surface area contributed by atoms with E-state index in [1.807, 2.05) is 23.1 Å². The number of carbonyl (C=O) groups excluding carboxylic acids is 1. The van der Waals surface area contributed by atoms with Crippen molar-refractivity contribution < 1.29 is 13.2 Å². The Morgan fingerprint density at radius 1 is 1.03 bits per heavy atom. The van der Waals surface area contributed by atoms with Crippen molar-refractivity contribution in [3.05, 3.63) is 78.4 Å². The van der Waals surface area contributed by atoms with Crippen LogP contribution in [0.5, 0.6) is 0 Å². The highest BCUT2D eigenvalue weighted by molar-refractivity contribution is 7.89. The van der Waals surface area contributed by atoms with Gasteiger partial charge in [-0.25, -0.2) is 13.6 Å². The molecule has 9 heteroatoms. The van der Waals surface area contributed by atoms with Crippen molar-refractivity contribution in [1.29, 1.82) is 5.41 Å². The maximum Gasteiger partial charge on any atom is 0.247 e. The molecule has 1 aliphatic rings. The number of amidine groups is 1. The molecule has 8 nitrogen and oxygen atoms in total. The van der Waals surface area contributed by atoms with Crippen LogP contribution in [0.1, 0.15) is 18.4 Å². The lowest BCUT2D eigenvalue weighted by Gasteiger charge is -2.26. The summed E-state index contributed by atoms with van der Waals surface area (Å²) in [5, 5.41) is 15.9. The molecule has 1 aliphatic heterocycles. The minimum atomic E-state index is -3.86. The van der Waals surface area contributed by atoms with Crippen molar-refractivity contribution in [2.24, 2.45) is 10.9 Å². The van der Waals surface area contributed by atoms with Crippen molar-refractivity contribution in [2.45, 2.75) is 23.8 Å². The average Bonchev–Trinajstić information content (AvgIpc) is 3.29. The number of amides is 1. The number of nitrogens with two attached hydrogens (primary N) is 2. The molecule has 1 amide bonds. The first-order chi connectivity index (χ1) is 15.7. The Morgan fingerprint density at radius 2 is 1.76 bits per heavy atom. The predicted octanol–water partition coefficient (Wildman–Crippen LogP) is 2.89. The van der Waals surface area contributed by atoms with Gasteiger partial charge in [0.2, 0.25) is 15.9 Å². The van der Waals surface area contributed by atoms with Gasteiger partial charge in [-0.05, 0) is 48.7 Å². The summed E-state index contributed by atoms with van der Waals surface area (Å²) in [5.41, 5.74) is 8.89. The summed E-state index contributed by atoms with van der Waals surface area (Å²) < 4.78 is 23.8. The summed E-state index contributed by atoms with van der Waals surface area (Å²) in [7, 11) is -3.86. The van der Waals surface area contributed by atoms with E-state index in [2.05, 4.69) is 5.32 Å². The Bertz CT molecular complexity index is 1310. The van der Waals surface area contributed by atoms with E-state index in [1.165, 1.54) is 6.07 Å². The van der Waals surface area contributed by atoms with Crippen LogP contribution in [0.3, 0.4) is 0 Å². The van der Waals surface area contributed by atoms with Crippen LogP contribution in [0, 0.1) is 5.41 Å². The Labute approximate surface area is 192 Å². The molecule has 3 aromatic carbocycles. The number of nitrogen functional groups attached to an aromatic ring is 1. The van der Waals surface area contributed by atoms with Crippen molar-refractivity contribution >= 4 is 33.1 Å². The lowest BCUT2D eigenvalue weighted by Crippen LogP contribution is -2.39. The molecule has 0 radical (unpaired) electrons. The van der Waals surface area contributed by atoms with E-state index in [-0.39, 0.29) is 22.7 Å². The second-order valence-corrected chi connectivity index (χ2v) is 9.45. The fourth-order valence-corrected chi connectivity index (χ4v) is 4.87. The molecule has 3 aromatic rings. The zero-order valence-electron chi connectivity index (χ0n) is 17.9. The van der Waals surface area contributed by atoms with Gasteiger partial charge >= 0.3 is 0 Å². The number of hydrogen-bond donors (Lipinski definition) is 4. The van der Waals surface area contributed by atoms with Crippen LogP contribution in [0.25, 0.3) is 11.1 Å². The van der Waals surface area contributed by atoms with Gasteiger partial charge in [-0.3, -0.25) is 10.2 Å². The molecule has 0 aliphatic carbocycles. The van der Waals surface area contributed by atoms with E-state index < -0.39 is 10.0 Å². The summed E-state index contributed by atoms with van der Waals surface area (Å²) in [6, 6.07) is 20.5. The number of primary sulfonamides is 1. The third-order valence-corrected chi connectivity index (χ3v) is 6.67. The number of hydrogen-bond acceptors (Lipinski definition) is 5. The second-order valence-electron chi connectivity index (χ2n) is 7.92. The molecule has 1 atom stereocenters. The molecule has 0 spiro atoms. The largest absolute Gasteiger partial charge is 0.384 e. The van der Waals surface area contributed by atoms with Crippen molar-refractivity contribution in [3.8, 4) is 11.1 Å². The van der Waals surface area contributed by atoms with E-state index in [4.69, 9.17) is 16.3 Å². The second kappa shape index (κ2) is 9.05. The molecular formula is C24H25N5O3S. The molecule has 4 rings (SSSR count). The Kier molecular flexibility index (Phi) is 6.17. The highest BCUT2D eigenvalue weighted by Gasteiger charge is 2.31. The van der Waals surface area contributed by atoms with Gasteiger partial charge < -0.3 is 16.0 Å². The van der Waals surface area contributed by atoms with Crippen LogP contribution >= 0.6 is 0 Å². The number of nitrogens with zero attached hydrogens (tertiary/aromatic N) is 1. The lowest BCUT2D eigenvalue weighted by atomic mass is 10.1. The molecule has 0 unspecified atom stereocenters. The third-order valence-electron chi connectivity index (χ3n) is 5.70. The highest BCUT2D eigenvalue weighted by atomic mass is 32.2. The standard InChI is InChI=1S/C24H25N5O3S/c25-23(26)17-5-3-6-19(15-17)29-14-4-8-21(29)24(30)28-18-12-10-16(11-13-18)20-7-1-2-9-22(20)33(27,31)32/h1-3,5-7,9-13,15,21H,4,8,14H2,(H3,25,26)(H,28,30)(H2,27,31,32)/t21-/m0/s1. The summed E-state index contributed by atoms with van der Waals surface area (Å²) in [6.45, 7) is 0.739. The van der Waals surface area contributed by atoms with Crippen LogP contribution in [0.2, 0.25) is 0 Å². The Morgan fingerprint density at radius 3 is 2.45 bits per heavy atom. The maximum absolute atomic E-state index is 13.0. The monoisotopic (exact) mass is 463 g/mol.